The fourth-order valence-electron chi connectivity index (χ4n) is 3.60. The molecule has 3 heterocycles. The summed E-state index contributed by atoms with van der Waals surface area (Å²) in [6, 6.07) is 7.84. The molecule has 1 saturated heterocycles. The number of rotatable bonds is 4. The van der Waals surface area contributed by atoms with Gasteiger partial charge in [0.2, 0.25) is 0 Å². The summed E-state index contributed by atoms with van der Waals surface area (Å²) in [5.41, 5.74) is 1.95. The number of nitrogens with zero attached hydrogens (tertiary/aromatic N) is 6. The zero-order valence-electron chi connectivity index (χ0n) is 17.0. The molecule has 1 fully saturated rings. The molecule has 4 rings (SSSR count). The van der Waals surface area contributed by atoms with Gasteiger partial charge in [0.15, 0.2) is 5.82 Å². The van der Waals surface area contributed by atoms with Gasteiger partial charge in [0.1, 0.15) is 17.3 Å². The number of hydrogen-bond donors (Lipinski definition) is 0. The molecule has 30 heavy (non-hydrogen) atoms. The van der Waals surface area contributed by atoms with Gasteiger partial charge in [-0.15, -0.1) is 0 Å². The monoisotopic (exact) mass is 406 g/mol. The van der Waals surface area contributed by atoms with E-state index in [0.29, 0.717) is 30.2 Å². The van der Waals surface area contributed by atoms with Crippen LogP contribution in [0.4, 0.5) is 10.2 Å². The average molecular weight is 406 g/mol. The van der Waals surface area contributed by atoms with Crippen molar-refractivity contribution in [3.8, 4) is 11.5 Å². The average Bonchev–Trinajstić information content (AvgIpc) is 2.79. The lowest BCUT2D eigenvalue weighted by molar-refractivity contribution is 0.0711. The third-order valence-electron chi connectivity index (χ3n) is 5.25. The molecule has 2 aromatic heterocycles. The zero-order valence-corrected chi connectivity index (χ0v) is 17.0. The van der Waals surface area contributed by atoms with E-state index in [1.54, 1.807) is 35.6 Å². The van der Waals surface area contributed by atoms with Crippen molar-refractivity contribution in [1.82, 2.24) is 24.8 Å². The molecule has 0 saturated carbocycles. The van der Waals surface area contributed by atoms with Crippen molar-refractivity contribution in [2.75, 3.05) is 32.1 Å². The fraction of sp³-hybridized carbons (Fsp3) is 0.318. The molecule has 3 aromatic rings. The van der Waals surface area contributed by atoms with E-state index in [1.807, 2.05) is 25.1 Å². The third kappa shape index (κ3) is 4.27. The molecular weight excluding hydrogens is 383 g/mol. The Morgan fingerprint density at radius 2 is 1.93 bits per heavy atom. The van der Waals surface area contributed by atoms with E-state index in [2.05, 4.69) is 15.0 Å². The first kappa shape index (κ1) is 19.9. The Kier molecular flexibility index (Phi) is 5.65. The van der Waals surface area contributed by atoms with Gasteiger partial charge in [-0.25, -0.2) is 19.3 Å². The van der Waals surface area contributed by atoms with Crippen LogP contribution in [-0.2, 0) is 0 Å². The highest BCUT2D eigenvalue weighted by Gasteiger charge is 2.26. The van der Waals surface area contributed by atoms with Gasteiger partial charge in [0.05, 0.1) is 6.20 Å². The standard InChI is InChI=1S/C22H23FN6O/c1-28(2)20-13-18(26-21(27-20)19-14-24-8-9-25-19)15-6-10-29(11-7-15)22(30)16-4-3-5-17(23)12-16/h3-5,8-9,12-15H,6-7,10-11H2,1-2H3. The van der Waals surface area contributed by atoms with Crippen molar-refractivity contribution in [3.05, 3.63) is 66.0 Å². The summed E-state index contributed by atoms with van der Waals surface area (Å²) < 4.78 is 13.5. The number of halogens is 1. The number of piperidine rings is 1. The third-order valence-corrected chi connectivity index (χ3v) is 5.25. The van der Waals surface area contributed by atoms with Crippen molar-refractivity contribution in [1.29, 1.82) is 0 Å². The highest BCUT2D eigenvalue weighted by atomic mass is 19.1. The zero-order chi connectivity index (χ0) is 21.1. The van der Waals surface area contributed by atoms with Crippen LogP contribution in [0.15, 0.2) is 48.9 Å². The van der Waals surface area contributed by atoms with E-state index in [4.69, 9.17) is 4.98 Å². The molecule has 0 N–H and O–H groups in total. The summed E-state index contributed by atoms with van der Waals surface area (Å²) in [6.45, 7) is 1.20. The molecule has 0 bridgehead atoms. The summed E-state index contributed by atoms with van der Waals surface area (Å²) in [6.07, 6.45) is 6.46. The molecule has 1 amide bonds. The minimum absolute atomic E-state index is 0.134. The van der Waals surface area contributed by atoms with Crippen LogP contribution in [0.1, 0.15) is 34.8 Å². The Morgan fingerprint density at radius 3 is 2.60 bits per heavy atom. The Labute approximate surface area is 174 Å². The molecule has 0 atom stereocenters. The van der Waals surface area contributed by atoms with Crippen LogP contribution >= 0.6 is 0 Å². The molecule has 1 aromatic carbocycles. The quantitative estimate of drug-likeness (QED) is 0.663. The Hall–Kier alpha value is -3.42. The summed E-state index contributed by atoms with van der Waals surface area (Å²) >= 11 is 0. The van der Waals surface area contributed by atoms with E-state index in [1.165, 1.54) is 12.1 Å². The molecule has 8 heteroatoms. The number of carbonyl (C=O) groups excluding carboxylic acids is 1. The minimum atomic E-state index is -0.399. The van der Waals surface area contributed by atoms with Gasteiger partial charge in [-0.3, -0.25) is 9.78 Å². The van der Waals surface area contributed by atoms with Gasteiger partial charge in [0, 0.05) is 62.8 Å². The highest BCUT2D eigenvalue weighted by Crippen LogP contribution is 2.30. The van der Waals surface area contributed by atoms with Crippen LogP contribution in [0.3, 0.4) is 0 Å². The van der Waals surface area contributed by atoms with E-state index >= 15 is 0 Å². The van der Waals surface area contributed by atoms with Crippen molar-refractivity contribution >= 4 is 11.7 Å². The number of benzene rings is 1. The van der Waals surface area contributed by atoms with Gasteiger partial charge in [0.25, 0.3) is 5.91 Å². The fourth-order valence-corrected chi connectivity index (χ4v) is 3.60. The number of likely N-dealkylation sites (tertiary alicyclic amines) is 1. The minimum Gasteiger partial charge on any atom is -0.363 e. The lowest BCUT2D eigenvalue weighted by atomic mass is 9.92. The van der Waals surface area contributed by atoms with Gasteiger partial charge in [-0.2, -0.15) is 0 Å². The predicted molar refractivity (Wildman–Crippen MR) is 112 cm³/mol. The van der Waals surface area contributed by atoms with E-state index in [9.17, 15) is 9.18 Å². The van der Waals surface area contributed by atoms with Crippen LogP contribution in [0, 0.1) is 5.82 Å². The van der Waals surface area contributed by atoms with E-state index < -0.39 is 5.82 Å². The van der Waals surface area contributed by atoms with Crippen molar-refractivity contribution < 1.29 is 9.18 Å². The van der Waals surface area contributed by atoms with Crippen LogP contribution in [0.2, 0.25) is 0 Å². The molecule has 1 aliphatic heterocycles. The molecular formula is C22H23FN6O. The largest absolute Gasteiger partial charge is 0.363 e. The number of aromatic nitrogens is 4. The maximum absolute atomic E-state index is 13.5. The first-order chi connectivity index (χ1) is 14.5. The molecule has 0 radical (unpaired) electrons. The maximum Gasteiger partial charge on any atom is 0.253 e. The maximum atomic E-state index is 13.5. The summed E-state index contributed by atoms with van der Waals surface area (Å²) in [5.74, 6) is 1.02. The normalized spacial score (nSPS) is 14.6. The lowest BCUT2D eigenvalue weighted by Gasteiger charge is -2.32. The topological polar surface area (TPSA) is 75.1 Å². The van der Waals surface area contributed by atoms with Crippen LogP contribution in [0.5, 0.6) is 0 Å². The number of hydrogen-bond acceptors (Lipinski definition) is 6. The van der Waals surface area contributed by atoms with Crippen LogP contribution < -0.4 is 4.90 Å². The van der Waals surface area contributed by atoms with Crippen molar-refractivity contribution in [3.63, 3.8) is 0 Å². The Balaban J connectivity index is 1.53. The number of anilines is 1. The van der Waals surface area contributed by atoms with E-state index in [0.717, 1.165) is 24.4 Å². The predicted octanol–water partition coefficient (Wildman–Crippen LogP) is 3.16. The summed E-state index contributed by atoms with van der Waals surface area (Å²) in [7, 11) is 3.87. The molecule has 0 aliphatic carbocycles. The van der Waals surface area contributed by atoms with Gasteiger partial charge >= 0.3 is 0 Å². The first-order valence-electron chi connectivity index (χ1n) is 9.89. The lowest BCUT2D eigenvalue weighted by Crippen LogP contribution is -2.38. The van der Waals surface area contributed by atoms with Crippen molar-refractivity contribution in [2.45, 2.75) is 18.8 Å². The Bertz CT molecular complexity index is 1030. The Morgan fingerprint density at radius 1 is 1.13 bits per heavy atom. The van der Waals surface area contributed by atoms with Crippen molar-refractivity contribution in [2.24, 2.45) is 0 Å². The molecule has 154 valence electrons. The summed E-state index contributed by atoms with van der Waals surface area (Å²) in [4.78, 5) is 34.2. The SMILES string of the molecule is CN(C)c1cc(C2CCN(C(=O)c3cccc(F)c3)CC2)nc(-c2cnccn2)n1. The van der Waals surface area contributed by atoms with Gasteiger partial charge in [-0.05, 0) is 31.0 Å². The smallest absolute Gasteiger partial charge is 0.253 e. The highest BCUT2D eigenvalue weighted by molar-refractivity contribution is 5.94. The van der Waals surface area contributed by atoms with Crippen LogP contribution in [-0.4, -0.2) is 57.9 Å². The number of carbonyl (C=O) groups is 1. The second-order valence-corrected chi connectivity index (χ2v) is 7.54. The second kappa shape index (κ2) is 8.52. The molecule has 1 aliphatic rings. The number of amides is 1. The van der Waals surface area contributed by atoms with E-state index in [-0.39, 0.29) is 11.8 Å². The summed E-state index contributed by atoms with van der Waals surface area (Å²) in [5, 5.41) is 0. The molecule has 0 spiro atoms. The van der Waals surface area contributed by atoms with Gasteiger partial charge in [-0.1, -0.05) is 6.07 Å². The molecule has 7 nitrogen and oxygen atoms in total. The molecule has 0 unspecified atom stereocenters. The first-order valence-corrected chi connectivity index (χ1v) is 9.89. The van der Waals surface area contributed by atoms with Gasteiger partial charge < -0.3 is 9.80 Å². The van der Waals surface area contributed by atoms with Crippen LogP contribution in [0.25, 0.3) is 11.5 Å². The second-order valence-electron chi connectivity index (χ2n) is 7.54.